The van der Waals surface area contributed by atoms with Crippen LogP contribution >= 0.6 is 15.9 Å². The van der Waals surface area contributed by atoms with Gasteiger partial charge in [0.1, 0.15) is 0 Å². The van der Waals surface area contributed by atoms with Gasteiger partial charge in [-0.15, -0.1) is 0 Å². The Morgan fingerprint density at radius 3 is 2.41 bits per heavy atom. The van der Waals surface area contributed by atoms with Crippen LogP contribution < -0.4 is 11.2 Å². The topological polar surface area (TPSA) is 84.6 Å². The number of primary amides is 1. The fraction of sp³-hybridized carbons (Fsp3) is 0.182. The zero-order chi connectivity index (χ0) is 12.8. The number of nitrogens with zero attached hydrogens (tertiary/aromatic N) is 1. The van der Waals surface area contributed by atoms with Crippen LogP contribution in [0.4, 0.5) is 0 Å². The second-order valence-electron chi connectivity index (χ2n) is 3.22. The Labute approximate surface area is 107 Å². The van der Waals surface area contributed by atoms with Gasteiger partial charge in [-0.1, -0.05) is 35.0 Å². The number of hydrazone groups is 1. The Morgan fingerprint density at radius 1 is 1.35 bits per heavy atom. The van der Waals surface area contributed by atoms with Crippen molar-refractivity contribution in [1.82, 2.24) is 5.43 Å². The molecular formula is C11H12BrN3O2. The maximum Gasteiger partial charge on any atom is 0.329 e. The van der Waals surface area contributed by atoms with E-state index in [1.54, 1.807) is 0 Å². The highest BCUT2D eigenvalue weighted by atomic mass is 79.9. The Morgan fingerprint density at radius 2 is 1.94 bits per heavy atom. The third-order valence-corrected chi connectivity index (χ3v) is 2.56. The molecule has 3 N–H and O–H groups in total. The normalized spacial score (nSPS) is 11.1. The molecule has 2 amide bonds. The number of halogens is 1. The number of rotatable bonds is 3. The van der Waals surface area contributed by atoms with E-state index in [2.05, 4.69) is 26.5 Å². The fourth-order valence-electron chi connectivity index (χ4n) is 1.16. The standard InChI is InChI=1S/C11H12BrN3O2/c1-2-9(14-15-11(17)10(13)16)7-3-5-8(12)6-4-7/h3-6H,2H2,1H3,(H2,13,16)(H,15,17)/b14-9-. The molecule has 0 heterocycles. The zero-order valence-electron chi connectivity index (χ0n) is 9.24. The molecule has 0 aromatic heterocycles. The van der Waals surface area contributed by atoms with Crippen LogP contribution in [0.15, 0.2) is 33.8 Å². The van der Waals surface area contributed by atoms with Crippen molar-refractivity contribution in [3.05, 3.63) is 34.3 Å². The molecule has 90 valence electrons. The maximum atomic E-state index is 10.9. The molecule has 0 unspecified atom stereocenters. The third-order valence-electron chi connectivity index (χ3n) is 2.03. The van der Waals surface area contributed by atoms with Crippen LogP contribution in [0, 0.1) is 0 Å². The Hall–Kier alpha value is -1.69. The molecule has 1 rings (SSSR count). The summed E-state index contributed by atoms with van der Waals surface area (Å²) >= 11 is 3.33. The molecule has 6 heteroatoms. The van der Waals surface area contributed by atoms with Crippen molar-refractivity contribution >= 4 is 33.5 Å². The highest BCUT2D eigenvalue weighted by molar-refractivity contribution is 9.10. The molecule has 0 atom stereocenters. The van der Waals surface area contributed by atoms with Gasteiger partial charge < -0.3 is 5.73 Å². The molecule has 1 aromatic rings. The van der Waals surface area contributed by atoms with E-state index in [4.69, 9.17) is 5.73 Å². The van der Waals surface area contributed by atoms with E-state index in [0.717, 1.165) is 10.0 Å². The van der Waals surface area contributed by atoms with E-state index < -0.39 is 11.8 Å². The smallest absolute Gasteiger partial charge is 0.329 e. The number of nitrogens with one attached hydrogen (secondary N) is 1. The minimum atomic E-state index is -1.06. The SMILES string of the molecule is CC/C(=N/NC(=O)C(N)=O)c1ccc(Br)cc1. The molecule has 0 radical (unpaired) electrons. The largest absolute Gasteiger partial charge is 0.361 e. The summed E-state index contributed by atoms with van der Waals surface area (Å²) in [5, 5.41) is 3.86. The number of benzene rings is 1. The Balaban J connectivity index is 2.84. The minimum Gasteiger partial charge on any atom is -0.361 e. The number of amides is 2. The van der Waals surface area contributed by atoms with Crippen molar-refractivity contribution in [3.63, 3.8) is 0 Å². The second kappa shape index (κ2) is 6.15. The summed E-state index contributed by atoms with van der Waals surface area (Å²) in [4.78, 5) is 21.5. The Kier molecular flexibility index (Phi) is 4.84. The summed E-state index contributed by atoms with van der Waals surface area (Å²) in [6.45, 7) is 1.90. The van der Waals surface area contributed by atoms with Crippen LogP contribution in [0.5, 0.6) is 0 Å². The molecule has 0 saturated carbocycles. The van der Waals surface area contributed by atoms with Gasteiger partial charge in [0.2, 0.25) is 0 Å². The monoisotopic (exact) mass is 297 g/mol. The summed E-state index contributed by atoms with van der Waals surface area (Å²) < 4.78 is 0.956. The summed E-state index contributed by atoms with van der Waals surface area (Å²) in [5.74, 6) is -1.98. The van der Waals surface area contributed by atoms with Crippen molar-refractivity contribution < 1.29 is 9.59 Å². The molecule has 0 aliphatic rings. The first-order valence-corrected chi connectivity index (χ1v) is 5.76. The van der Waals surface area contributed by atoms with Crippen molar-refractivity contribution in [3.8, 4) is 0 Å². The number of carbonyl (C=O) groups excluding carboxylic acids is 2. The molecule has 0 aliphatic carbocycles. The second-order valence-corrected chi connectivity index (χ2v) is 4.14. The number of nitrogens with two attached hydrogens (primary N) is 1. The maximum absolute atomic E-state index is 10.9. The Bertz CT molecular complexity index is 454. The van der Waals surface area contributed by atoms with Gasteiger partial charge in [-0.25, -0.2) is 5.43 Å². The third kappa shape index (κ3) is 3.99. The van der Waals surface area contributed by atoms with Gasteiger partial charge in [0.15, 0.2) is 0 Å². The van der Waals surface area contributed by atoms with Gasteiger partial charge in [0.25, 0.3) is 0 Å². The average molecular weight is 298 g/mol. The van der Waals surface area contributed by atoms with Crippen LogP contribution in [-0.4, -0.2) is 17.5 Å². The van der Waals surface area contributed by atoms with Gasteiger partial charge in [-0.2, -0.15) is 5.10 Å². The lowest BCUT2D eigenvalue weighted by molar-refractivity contribution is -0.137. The molecule has 5 nitrogen and oxygen atoms in total. The first-order valence-electron chi connectivity index (χ1n) is 4.97. The van der Waals surface area contributed by atoms with Gasteiger partial charge in [-0.3, -0.25) is 9.59 Å². The fourth-order valence-corrected chi connectivity index (χ4v) is 1.43. The average Bonchev–Trinajstić information content (AvgIpc) is 2.31. The van der Waals surface area contributed by atoms with Crippen LogP contribution in [0.3, 0.4) is 0 Å². The van der Waals surface area contributed by atoms with E-state index in [-0.39, 0.29) is 0 Å². The van der Waals surface area contributed by atoms with Gasteiger partial charge in [0, 0.05) is 4.47 Å². The number of carbonyl (C=O) groups is 2. The van der Waals surface area contributed by atoms with Crippen LogP contribution in [-0.2, 0) is 9.59 Å². The first-order chi connectivity index (χ1) is 8.04. The number of hydrogen-bond acceptors (Lipinski definition) is 3. The highest BCUT2D eigenvalue weighted by Crippen LogP contribution is 2.12. The predicted octanol–water partition coefficient (Wildman–Crippen LogP) is 1.16. The summed E-state index contributed by atoms with van der Waals surface area (Å²) in [6, 6.07) is 7.47. The quantitative estimate of drug-likeness (QED) is 0.498. The summed E-state index contributed by atoms with van der Waals surface area (Å²) in [5.41, 5.74) is 8.45. The van der Waals surface area contributed by atoms with E-state index in [1.165, 1.54) is 0 Å². The predicted molar refractivity (Wildman–Crippen MR) is 68.3 cm³/mol. The molecule has 1 aromatic carbocycles. The minimum absolute atomic E-state index is 0.626. The van der Waals surface area contributed by atoms with Crippen LogP contribution in [0.2, 0.25) is 0 Å². The van der Waals surface area contributed by atoms with Crippen molar-refractivity contribution in [2.75, 3.05) is 0 Å². The highest BCUT2D eigenvalue weighted by Gasteiger charge is 2.07. The van der Waals surface area contributed by atoms with Crippen LogP contribution in [0.25, 0.3) is 0 Å². The van der Waals surface area contributed by atoms with E-state index in [1.807, 2.05) is 31.2 Å². The van der Waals surface area contributed by atoms with Gasteiger partial charge in [-0.05, 0) is 24.1 Å². The lowest BCUT2D eigenvalue weighted by Crippen LogP contribution is -2.33. The van der Waals surface area contributed by atoms with Crippen molar-refractivity contribution in [2.45, 2.75) is 13.3 Å². The van der Waals surface area contributed by atoms with E-state index in [0.29, 0.717) is 12.1 Å². The zero-order valence-corrected chi connectivity index (χ0v) is 10.8. The van der Waals surface area contributed by atoms with Gasteiger partial charge >= 0.3 is 11.8 Å². The van der Waals surface area contributed by atoms with E-state index >= 15 is 0 Å². The van der Waals surface area contributed by atoms with Crippen molar-refractivity contribution in [2.24, 2.45) is 10.8 Å². The van der Waals surface area contributed by atoms with E-state index in [9.17, 15) is 9.59 Å². The molecule has 17 heavy (non-hydrogen) atoms. The lowest BCUT2D eigenvalue weighted by atomic mass is 10.1. The number of hydrogen-bond donors (Lipinski definition) is 2. The molecule has 0 saturated heterocycles. The van der Waals surface area contributed by atoms with Crippen molar-refractivity contribution in [1.29, 1.82) is 0 Å². The molecule has 0 fully saturated rings. The molecular weight excluding hydrogens is 286 g/mol. The first kappa shape index (κ1) is 13.4. The summed E-state index contributed by atoms with van der Waals surface area (Å²) in [6.07, 6.45) is 0.626. The molecule has 0 aliphatic heterocycles. The molecule has 0 spiro atoms. The summed E-state index contributed by atoms with van der Waals surface area (Å²) in [7, 11) is 0. The van der Waals surface area contributed by atoms with Gasteiger partial charge in [0.05, 0.1) is 5.71 Å². The molecule has 0 bridgehead atoms. The lowest BCUT2D eigenvalue weighted by Gasteiger charge is -2.04. The van der Waals surface area contributed by atoms with Crippen LogP contribution in [0.1, 0.15) is 18.9 Å².